The highest BCUT2D eigenvalue weighted by Crippen LogP contribution is 2.33. The number of nitrogens with zero attached hydrogens (tertiary/aromatic N) is 4. The Labute approximate surface area is 97.4 Å². The monoisotopic (exact) mass is 242 g/mol. The van der Waals surface area contributed by atoms with Crippen LogP contribution in [0.3, 0.4) is 0 Å². The fraction of sp³-hybridized carbons (Fsp3) is 0.556. The van der Waals surface area contributed by atoms with E-state index in [1.807, 2.05) is 4.90 Å². The molecule has 2 rings (SSSR count). The van der Waals surface area contributed by atoms with Gasteiger partial charge in [-0.1, -0.05) is 18.5 Å². The molecule has 2 heterocycles. The minimum atomic E-state index is -0.527. The Morgan fingerprint density at radius 1 is 1.62 bits per heavy atom. The van der Waals surface area contributed by atoms with Crippen molar-refractivity contribution in [1.29, 1.82) is 0 Å². The predicted molar refractivity (Wildman–Crippen MR) is 59.7 cm³/mol. The molecule has 0 bridgehead atoms. The van der Waals surface area contributed by atoms with E-state index in [2.05, 4.69) is 16.9 Å². The summed E-state index contributed by atoms with van der Waals surface area (Å²) >= 11 is 5.72. The molecule has 0 amide bonds. The largest absolute Gasteiger partial charge is 0.350 e. The summed E-state index contributed by atoms with van der Waals surface area (Å²) in [6, 6.07) is 0. The van der Waals surface area contributed by atoms with Gasteiger partial charge in [0.25, 0.3) is 0 Å². The molecule has 7 heteroatoms. The van der Waals surface area contributed by atoms with E-state index in [0.717, 1.165) is 19.5 Å². The van der Waals surface area contributed by atoms with Crippen LogP contribution in [0.1, 0.15) is 13.3 Å². The van der Waals surface area contributed by atoms with Crippen molar-refractivity contribution < 1.29 is 4.92 Å². The number of rotatable bonds is 2. The number of halogens is 1. The first-order chi connectivity index (χ1) is 7.59. The highest BCUT2D eigenvalue weighted by Gasteiger charge is 2.29. The van der Waals surface area contributed by atoms with Crippen LogP contribution in [0.15, 0.2) is 6.33 Å². The topological polar surface area (TPSA) is 72.2 Å². The standard InChI is InChI=1S/C9H11ClN4O2/c1-6-2-3-13(4-6)9-7(14(15)16)8(10)11-5-12-9/h5-6H,2-4H2,1H3. The summed E-state index contributed by atoms with van der Waals surface area (Å²) in [7, 11) is 0. The summed E-state index contributed by atoms with van der Waals surface area (Å²) in [6.45, 7) is 3.65. The first-order valence-electron chi connectivity index (χ1n) is 4.99. The first kappa shape index (κ1) is 11.1. The second-order valence-electron chi connectivity index (χ2n) is 3.93. The lowest BCUT2D eigenvalue weighted by molar-refractivity contribution is -0.384. The van der Waals surface area contributed by atoms with Crippen LogP contribution in [0.5, 0.6) is 0 Å². The second-order valence-corrected chi connectivity index (χ2v) is 4.29. The van der Waals surface area contributed by atoms with Crippen molar-refractivity contribution in [1.82, 2.24) is 9.97 Å². The zero-order chi connectivity index (χ0) is 11.7. The van der Waals surface area contributed by atoms with E-state index >= 15 is 0 Å². The maximum atomic E-state index is 10.9. The van der Waals surface area contributed by atoms with Crippen LogP contribution in [0.25, 0.3) is 0 Å². The van der Waals surface area contributed by atoms with Crippen molar-refractivity contribution in [2.24, 2.45) is 5.92 Å². The minimum absolute atomic E-state index is 0.102. The molecule has 1 aliphatic rings. The average Bonchev–Trinajstić information content (AvgIpc) is 2.63. The Morgan fingerprint density at radius 2 is 2.38 bits per heavy atom. The molecule has 1 aromatic rings. The van der Waals surface area contributed by atoms with Crippen LogP contribution >= 0.6 is 11.6 Å². The highest BCUT2D eigenvalue weighted by molar-refractivity contribution is 6.31. The average molecular weight is 243 g/mol. The molecule has 16 heavy (non-hydrogen) atoms. The molecule has 1 atom stereocenters. The molecule has 1 fully saturated rings. The summed E-state index contributed by atoms with van der Waals surface area (Å²) in [5.74, 6) is 0.850. The lowest BCUT2D eigenvalue weighted by Gasteiger charge is -2.16. The normalized spacial score (nSPS) is 20.1. The van der Waals surface area contributed by atoms with Crippen molar-refractivity contribution >= 4 is 23.1 Å². The number of nitro groups is 1. The number of hydrogen-bond donors (Lipinski definition) is 0. The van der Waals surface area contributed by atoms with E-state index in [0.29, 0.717) is 11.7 Å². The van der Waals surface area contributed by atoms with Crippen LogP contribution in [-0.4, -0.2) is 28.0 Å². The van der Waals surface area contributed by atoms with Gasteiger partial charge in [-0.3, -0.25) is 10.1 Å². The zero-order valence-corrected chi connectivity index (χ0v) is 9.52. The molecule has 0 saturated carbocycles. The third-order valence-electron chi connectivity index (χ3n) is 2.66. The first-order valence-corrected chi connectivity index (χ1v) is 5.37. The van der Waals surface area contributed by atoms with Gasteiger partial charge >= 0.3 is 5.69 Å². The molecule has 1 unspecified atom stereocenters. The fourth-order valence-corrected chi connectivity index (χ4v) is 2.06. The molecule has 0 aromatic carbocycles. The van der Waals surface area contributed by atoms with Gasteiger partial charge in [0.15, 0.2) is 0 Å². The Morgan fingerprint density at radius 3 is 2.94 bits per heavy atom. The summed E-state index contributed by atoms with van der Waals surface area (Å²) in [5.41, 5.74) is -0.196. The molecule has 1 saturated heterocycles. The lowest BCUT2D eigenvalue weighted by atomic mass is 10.2. The summed E-state index contributed by atoms with van der Waals surface area (Å²) in [6.07, 6.45) is 2.27. The third kappa shape index (κ3) is 1.92. The highest BCUT2D eigenvalue weighted by atomic mass is 35.5. The molecule has 0 radical (unpaired) electrons. The van der Waals surface area contributed by atoms with Gasteiger partial charge in [-0.05, 0) is 12.3 Å². The molecule has 1 aliphatic heterocycles. The van der Waals surface area contributed by atoms with Crippen molar-refractivity contribution in [2.45, 2.75) is 13.3 Å². The predicted octanol–water partition coefficient (Wildman–Crippen LogP) is 1.88. The van der Waals surface area contributed by atoms with Gasteiger partial charge in [0.1, 0.15) is 6.33 Å². The molecular weight excluding hydrogens is 232 g/mol. The molecule has 0 N–H and O–H groups in total. The van der Waals surface area contributed by atoms with E-state index in [-0.39, 0.29) is 10.8 Å². The Bertz CT molecular complexity index is 426. The van der Waals surface area contributed by atoms with E-state index in [4.69, 9.17) is 11.6 Å². The minimum Gasteiger partial charge on any atom is -0.350 e. The number of aromatic nitrogens is 2. The van der Waals surface area contributed by atoms with Crippen molar-refractivity contribution in [3.8, 4) is 0 Å². The Hall–Kier alpha value is -1.43. The van der Waals surface area contributed by atoms with Crippen molar-refractivity contribution in [3.63, 3.8) is 0 Å². The fourth-order valence-electron chi connectivity index (χ4n) is 1.86. The summed E-state index contributed by atoms with van der Waals surface area (Å²) < 4.78 is 0. The summed E-state index contributed by atoms with van der Waals surface area (Å²) in [5, 5.41) is 10.8. The smallest absolute Gasteiger partial charge is 0.348 e. The Kier molecular flexibility index (Phi) is 2.91. The van der Waals surface area contributed by atoms with Crippen LogP contribution in [0.2, 0.25) is 5.15 Å². The molecule has 1 aromatic heterocycles. The lowest BCUT2D eigenvalue weighted by Crippen LogP contribution is -2.21. The van der Waals surface area contributed by atoms with Gasteiger partial charge in [-0.25, -0.2) is 9.97 Å². The second kappa shape index (κ2) is 4.21. The van der Waals surface area contributed by atoms with Crippen LogP contribution in [-0.2, 0) is 0 Å². The van der Waals surface area contributed by atoms with Crippen molar-refractivity contribution in [2.75, 3.05) is 18.0 Å². The van der Waals surface area contributed by atoms with Crippen LogP contribution < -0.4 is 4.90 Å². The van der Waals surface area contributed by atoms with Gasteiger partial charge in [-0.2, -0.15) is 0 Å². The molecule has 6 nitrogen and oxygen atoms in total. The molecule has 0 aliphatic carbocycles. The number of anilines is 1. The van der Waals surface area contributed by atoms with Crippen molar-refractivity contribution in [3.05, 3.63) is 21.6 Å². The van der Waals surface area contributed by atoms with Gasteiger partial charge in [0, 0.05) is 13.1 Å². The van der Waals surface area contributed by atoms with Crippen LogP contribution in [0, 0.1) is 16.0 Å². The van der Waals surface area contributed by atoms with Gasteiger partial charge in [0.2, 0.25) is 11.0 Å². The SMILES string of the molecule is CC1CCN(c2ncnc(Cl)c2[N+](=O)[O-])C1. The molecule has 0 spiro atoms. The van der Waals surface area contributed by atoms with Crippen LogP contribution in [0.4, 0.5) is 11.5 Å². The molecular formula is C9H11ClN4O2. The molecule has 86 valence electrons. The third-order valence-corrected chi connectivity index (χ3v) is 2.94. The van der Waals surface area contributed by atoms with Gasteiger partial charge in [-0.15, -0.1) is 0 Å². The summed E-state index contributed by atoms with van der Waals surface area (Å²) in [4.78, 5) is 19.9. The zero-order valence-electron chi connectivity index (χ0n) is 8.76. The van der Waals surface area contributed by atoms with E-state index < -0.39 is 4.92 Å². The van der Waals surface area contributed by atoms with E-state index in [1.54, 1.807) is 0 Å². The quantitative estimate of drug-likeness (QED) is 0.450. The maximum Gasteiger partial charge on any atom is 0.348 e. The van der Waals surface area contributed by atoms with Gasteiger partial charge in [0.05, 0.1) is 4.92 Å². The Balaban J connectivity index is 2.40. The van der Waals surface area contributed by atoms with E-state index in [9.17, 15) is 10.1 Å². The number of hydrogen-bond acceptors (Lipinski definition) is 5. The van der Waals surface area contributed by atoms with Gasteiger partial charge < -0.3 is 4.90 Å². The van der Waals surface area contributed by atoms with E-state index in [1.165, 1.54) is 6.33 Å². The maximum absolute atomic E-state index is 10.9.